The Labute approximate surface area is 140 Å². The molecule has 0 spiro atoms. The number of hydrogen-bond acceptors (Lipinski definition) is 6. The molecule has 1 fully saturated rings. The molecule has 7 nitrogen and oxygen atoms in total. The van der Waals surface area contributed by atoms with Crippen molar-refractivity contribution in [3.63, 3.8) is 0 Å². The van der Waals surface area contributed by atoms with Crippen LogP contribution in [0, 0.1) is 0 Å². The van der Waals surface area contributed by atoms with E-state index in [1.165, 1.54) is 0 Å². The van der Waals surface area contributed by atoms with Gasteiger partial charge in [0.1, 0.15) is 6.10 Å². The highest BCUT2D eigenvalue weighted by Gasteiger charge is 2.30. The second-order valence-corrected chi connectivity index (χ2v) is 5.86. The highest BCUT2D eigenvalue weighted by molar-refractivity contribution is 5.48. The summed E-state index contributed by atoms with van der Waals surface area (Å²) >= 11 is 0. The molecule has 4 rings (SSSR count). The summed E-state index contributed by atoms with van der Waals surface area (Å²) in [6.07, 6.45) is 3.62. The van der Waals surface area contributed by atoms with Crippen LogP contribution < -0.4 is 19.5 Å². The van der Waals surface area contributed by atoms with Crippen molar-refractivity contribution in [1.29, 1.82) is 0 Å². The van der Waals surface area contributed by atoms with Crippen LogP contribution in [-0.2, 0) is 17.8 Å². The van der Waals surface area contributed by atoms with Gasteiger partial charge in [-0.2, -0.15) is 5.10 Å². The summed E-state index contributed by atoms with van der Waals surface area (Å²) < 4.78 is 24.4. The van der Waals surface area contributed by atoms with E-state index < -0.39 is 0 Å². The summed E-state index contributed by atoms with van der Waals surface area (Å²) in [6.45, 7) is 5.03. The van der Waals surface area contributed by atoms with Gasteiger partial charge in [-0.3, -0.25) is 4.68 Å². The van der Waals surface area contributed by atoms with E-state index >= 15 is 0 Å². The minimum atomic E-state index is -0.0339. The Morgan fingerprint density at radius 1 is 1.33 bits per heavy atom. The van der Waals surface area contributed by atoms with E-state index in [0.717, 1.165) is 29.4 Å². The quantitative estimate of drug-likeness (QED) is 0.867. The molecule has 2 aromatic rings. The van der Waals surface area contributed by atoms with Crippen LogP contribution in [-0.4, -0.2) is 41.9 Å². The number of para-hydroxylation sites is 1. The zero-order valence-electron chi connectivity index (χ0n) is 13.6. The molecule has 1 aromatic heterocycles. The van der Waals surface area contributed by atoms with Crippen molar-refractivity contribution in [1.82, 2.24) is 15.1 Å². The number of aryl methyl sites for hydroxylation is 1. The second-order valence-electron chi connectivity index (χ2n) is 5.86. The Hall–Kier alpha value is -2.25. The number of aromatic nitrogens is 2. The van der Waals surface area contributed by atoms with Crippen LogP contribution in [0.2, 0.25) is 0 Å². The molecule has 7 heteroatoms. The van der Waals surface area contributed by atoms with Gasteiger partial charge in [-0.25, -0.2) is 0 Å². The van der Waals surface area contributed by atoms with Crippen LogP contribution >= 0.6 is 0 Å². The van der Waals surface area contributed by atoms with Crippen molar-refractivity contribution in [2.24, 2.45) is 0 Å². The number of hydrogen-bond donors (Lipinski definition) is 1. The predicted octanol–water partition coefficient (Wildman–Crippen LogP) is 1.57. The second kappa shape index (κ2) is 6.70. The molecule has 1 N–H and O–H groups in total. The average Bonchev–Trinajstić information content (AvgIpc) is 3.34. The molecule has 0 radical (unpaired) electrons. The van der Waals surface area contributed by atoms with Crippen molar-refractivity contribution in [2.45, 2.75) is 32.2 Å². The molecule has 1 saturated heterocycles. The molecule has 128 valence electrons. The highest BCUT2D eigenvalue weighted by atomic mass is 16.7. The molecule has 2 aliphatic rings. The molecule has 0 amide bonds. The van der Waals surface area contributed by atoms with Crippen molar-refractivity contribution in [3.05, 3.63) is 36.2 Å². The Morgan fingerprint density at radius 3 is 3.17 bits per heavy atom. The van der Waals surface area contributed by atoms with Gasteiger partial charge in [0.25, 0.3) is 0 Å². The van der Waals surface area contributed by atoms with E-state index in [9.17, 15) is 0 Å². The van der Waals surface area contributed by atoms with Gasteiger partial charge < -0.3 is 24.3 Å². The zero-order chi connectivity index (χ0) is 16.4. The van der Waals surface area contributed by atoms with E-state index in [0.29, 0.717) is 19.8 Å². The van der Waals surface area contributed by atoms with Crippen molar-refractivity contribution < 1.29 is 18.9 Å². The van der Waals surface area contributed by atoms with Gasteiger partial charge in [0.2, 0.25) is 6.79 Å². The molecule has 1 aromatic carbocycles. The van der Waals surface area contributed by atoms with Gasteiger partial charge in [-0.15, -0.1) is 0 Å². The summed E-state index contributed by atoms with van der Waals surface area (Å²) in [4.78, 5) is 0. The number of fused-ring (bicyclic) bond motifs is 1. The maximum Gasteiger partial charge on any atom is 0.231 e. The molecule has 0 saturated carbocycles. The van der Waals surface area contributed by atoms with E-state index in [2.05, 4.69) is 10.4 Å². The molecular weight excluding hydrogens is 310 g/mol. The predicted molar refractivity (Wildman–Crippen MR) is 86.3 cm³/mol. The van der Waals surface area contributed by atoms with Gasteiger partial charge in [0, 0.05) is 18.7 Å². The smallest absolute Gasteiger partial charge is 0.231 e. The molecule has 2 atom stereocenters. The van der Waals surface area contributed by atoms with E-state index in [-0.39, 0.29) is 18.9 Å². The Kier molecular flexibility index (Phi) is 4.27. The molecule has 2 aliphatic heterocycles. The first-order chi connectivity index (χ1) is 11.8. The Morgan fingerprint density at radius 2 is 2.29 bits per heavy atom. The van der Waals surface area contributed by atoms with Crippen LogP contribution in [0.15, 0.2) is 30.6 Å². The van der Waals surface area contributed by atoms with Gasteiger partial charge in [0.15, 0.2) is 17.2 Å². The summed E-state index contributed by atoms with van der Waals surface area (Å²) in [6, 6.07) is 6.05. The first-order valence-corrected chi connectivity index (χ1v) is 8.21. The monoisotopic (exact) mass is 331 g/mol. The lowest BCUT2D eigenvalue weighted by Gasteiger charge is -2.20. The van der Waals surface area contributed by atoms with E-state index in [1.54, 1.807) is 6.20 Å². The molecule has 0 bridgehead atoms. The normalized spacial score (nSPS) is 22.0. The number of nitrogens with zero attached hydrogens (tertiary/aromatic N) is 2. The third-order valence-corrected chi connectivity index (χ3v) is 4.28. The van der Waals surface area contributed by atoms with Crippen molar-refractivity contribution in [3.8, 4) is 17.2 Å². The van der Waals surface area contributed by atoms with Gasteiger partial charge in [-0.05, 0) is 13.0 Å². The van der Waals surface area contributed by atoms with Gasteiger partial charge >= 0.3 is 0 Å². The number of ether oxygens (including phenoxy) is 4. The lowest BCUT2D eigenvalue weighted by Crippen LogP contribution is -2.41. The van der Waals surface area contributed by atoms with E-state index in [1.807, 2.05) is 36.0 Å². The van der Waals surface area contributed by atoms with Gasteiger partial charge in [-0.1, -0.05) is 12.1 Å². The standard InChI is InChI=1S/C17H21N3O4/c1-2-20-8-13(7-19-20)24-16-10-21-9-14(16)18-6-12-4-3-5-15-17(12)23-11-22-15/h3-5,7-8,14,16,18H,2,6,9-11H2,1H3/t14-,16+/m0/s1. The molecule has 24 heavy (non-hydrogen) atoms. The van der Waals surface area contributed by atoms with Crippen molar-refractivity contribution in [2.75, 3.05) is 20.0 Å². The molecular formula is C17H21N3O4. The average molecular weight is 331 g/mol. The topological polar surface area (TPSA) is 66.8 Å². The highest BCUT2D eigenvalue weighted by Crippen LogP contribution is 2.35. The Balaban J connectivity index is 1.38. The summed E-state index contributed by atoms with van der Waals surface area (Å²) in [5, 5.41) is 7.74. The lowest BCUT2D eigenvalue weighted by atomic mass is 10.1. The SMILES string of the molecule is CCn1cc(O[C@@H]2COC[C@@H]2NCc2cccc3c2OCO3)cn1. The van der Waals surface area contributed by atoms with Crippen LogP contribution in [0.3, 0.4) is 0 Å². The number of rotatable bonds is 6. The first kappa shape index (κ1) is 15.3. The molecule has 0 unspecified atom stereocenters. The van der Waals surface area contributed by atoms with Crippen LogP contribution in [0.4, 0.5) is 0 Å². The fourth-order valence-corrected chi connectivity index (χ4v) is 2.97. The Bertz CT molecular complexity index is 703. The summed E-state index contributed by atoms with van der Waals surface area (Å²) in [7, 11) is 0. The third kappa shape index (κ3) is 3.05. The third-order valence-electron chi connectivity index (χ3n) is 4.28. The zero-order valence-corrected chi connectivity index (χ0v) is 13.6. The van der Waals surface area contributed by atoms with E-state index in [4.69, 9.17) is 18.9 Å². The van der Waals surface area contributed by atoms with Gasteiger partial charge in [0.05, 0.1) is 31.6 Å². The van der Waals surface area contributed by atoms with Crippen molar-refractivity contribution >= 4 is 0 Å². The number of nitrogens with one attached hydrogen (secondary N) is 1. The fourth-order valence-electron chi connectivity index (χ4n) is 2.97. The van der Waals surface area contributed by atoms with Crippen LogP contribution in [0.1, 0.15) is 12.5 Å². The maximum absolute atomic E-state index is 6.02. The summed E-state index contributed by atoms with van der Waals surface area (Å²) in [5.74, 6) is 2.40. The lowest BCUT2D eigenvalue weighted by molar-refractivity contribution is 0.139. The van der Waals surface area contributed by atoms with Crippen LogP contribution in [0.25, 0.3) is 0 Å². The van der Waals surface area contributed by atoms with Crippen LogP contribution in [0.5, 0.6) is 17.2 Å². The maximum atomic E-state index is 6.02. The fraction of sp³-hybridized carbons (Fsp3) is 0.471. The molecule has 3 heterocycles. The minimum Gasteiger partial charge on any atom is -0.483 e. The molecule has 0 aliphatic carbocycles. The number of benzene rings is 1. The first-order valence-electron chi connectivity index (χ1n) is 8.21. The summed E-state index contributed by atoms with van der Waals surface area (Å²) in [5.41, 5.74) is 1.08. The largest absolute Gasteiger partial charge is 0.483 e. The minimum absolute atomic E-state index is 0.0339.